The maximum absolute atomic E-state index is 13.4. The lowest BCUT2D eigenvalue weighted by Gasteiger charge is -1.95. The molecule has 1 aromatic heterocycles. The Bertz CT molecular complexity index is 698. The maximum atomic E-state index is 13.4. The highest BCUT2D eigenvalue weighted by molar-refractivity contribution is 9.10. The number of hydrogen-bond donors (Lipinski definition) is 1. The van der Waals surface area contributed by atoms with Gasteiger partial charge < -0.3 is 4.98 Å². The van der Waals surface area contributed by atoms with Gasteiger partial charge in [0.25, 0.3) is 0 Å². The normalized spacial score (nSPS) is 11.1. The van der Waals surface area contributed by atoms with E-state index in [9.17, 15) is 8.78 Å². The molecular formula is C13H7BrF2N2. The van der Waals surface area contributed by atoms with Crippen LogP contribution in [0.3, 0.4) is 0 Å². The zero-order valence-corrected chi connectivity index (χ0v) is 10.6. The van der Waals surface area contributed by atoms with Crippen molar-refractivity contribution in [1.82, 2.24) is 9.97 Å². The van der Waals surface area contributed by atoms with Crippen LogP contribution in [0, 0.1) is 11.6 Å². The van der Waals surface area contributed by atoms with Gasteiger partial charge in [0.15, 0.2) is 0 Å². The second kappa shape index (κ2) is 4.17. The zero-order valence-electron chi connectivity index (χ0n) is 9.05. The number of hydrogen-bond acceptors (Lipinski definition) is 1. The largest absolute Gasteiger partial charge is 0.338 e. The molecule has 3 aromatic rings. The number of halogens is 3. The average molecular weight is 309 g/mol. The second-order valence-electron chi connectivity index (χ2n) is 3.88. The average Bonchev–Trinajstić information content (AvgIpc) is 2.73. The Balaban J connectivity index is 2.19. The number of fused-ring (bicyclic) bond motifs is 1. The number of aromatic amines is 1. The van der Waals surface area contributed by atoms with Crippen molar-refractivity contribution < 1.29 is 8.78 Å². The smallest absolute Gasteiger partial charge is 0.139 e. The molecular weight excluding hydrogens is 302 g/mol. The topological polar surface area (TPSA) is 28.7 Å². The van der Waals surface area contributed by atoms with Crippen molar-refractivity contribution in [2.75, 3.05) is 0 Å². The number of aromatic nitrogens is 2. The van der Waals surface area contributed by atoms with E-state index in [2.05, 4.69) is 25.9 Å². The van der Waals surface area contributed by atoms with Crippen molar-refractivity contribution in [2.24, 2.45) is 0 Å². The molecule has 0 saturated heterocycles. The molecule has 5 heteroatoms. The molecule has 0 unspecified atom stereocenters. The van der Waals surface area contributed by atoms with E-state index in [4.69, 9.17) is 0 Å². The third-order valence-electron chi connectivity index (χ3n) is 2.62. The first-order chi connectivity index (χ1) is 8.63. The Morgan fingerprint density at radius 3 is 2.72 bits per heavy atom. The summed E-state index contributed by atoms with van der Waals surface area (Å²) in [4.78, 5) is 7.28. The van der Waals surface area contributed by atoms with E-state index in [0.29, 0.717) is 26.9 Å². The van der Waals surface area contributed by atoms with Crippen molar-refractivity contribution in [3.63, 3.8) is 0 Å². The summed E-state index contributed by atoms with van der Waals surface area (Å²) in [6, 6.07) is 9.03. The molecule has 2 aromatic carbocycles. The Labute approximate surface area is 110 Å². The van der Waals surface area contributed by atoms with Crippen LogP contribution in [0.5, 0.6) is 0 Å². The quantitative estimate of drug-likeness (QED) is 0.714. The van der Waals surface area contributed by atoms with Crippen LogP contribution in [0.15, 0.2) is 40.9 Å². The first-order valence-electron chi connectivity index (χ1n) is 5.24. The minimum absolute atomic E-state index is 0.333. The van der Waals surface area contributed by atoms with Gasteiger partial charge >= 0.3 is 0 Å². The Kier molecular flexibility index (Phi) is 2.63. The summed E-state index contributed by atoms with van der Waals surface area (Å²) in [5.74, 6) is -0.181. The van der Waals surface area contributed by atoms with Crippen LogP contribution in [0.4, 0.5) is 8.78 Å². The predicted octanol–water partition coefficient (Wildman–Crippen LogP) is 4.27. The minimum Gasteiger partial charge on any atom is -0.338 e. The molecule has 0 aliphatic heterocycles. The van der Waals surface area contributed by atoms with Crippen LogP contribution in [0.1, 0.15) is 0 Å². The molecule has 0 radical (unpaired) electrons. The third kappa shape index (κ3) is 1.90. The fourth-order valence-electron chi connectivity index (χ4n) is 1.78. The molecule has 0 spiro atoms. The lowest BCUT2D eigenvalue weighted by atomic mass is 10.2. The number of nitrogens with one attached hydrogen (secondary N) is 1. The molecule has 0 aliphatic rings. The molecule has 90 valence electrons. The molecule has 3 rings (SSSR count). The first-order valence-corrected chi connectivity index (χ1v) is 6.03. The molecule has 2 nitrogen and oxygen atoms in total. The number of rotatable bonds is 1. The summed E-state index contributed by atoms with van der Waals surface area (Å²) in [5, 5.41) is 0. The molecule has 0 aliphatic carbocycles. The van der Waals surface area contributed by atoms with Crippen LogP contribution in [-0.4, -0.2) is 9.97 Å². The Morgan fingerprint density at radius 2 is 1.94 bits per heavy atom. The minimum atomic E-state index is -0.364. The number of H-pyrrole nitrogens is 1. The number of benzene rings is 2. The van der Waals surface area contributed by atoms with Crippen molar-refractivity contribution in [3.8, 4) is 11.4 Å². The fraction of sp³-hybridized carbons (Fsp3) is 0. The van der Waals surface area contributed by atoms with E-state index in [0.717, 1.165) is 0 Å². The van der Waals surface area contributed by atoms with Gasteiger partial charge in [0.2, 0.25) is 0 Å². The third-order valence-corrected chi connectivity index (χ3v) is 3.23. The monoisotopic (exact) mass is 308 g/mol. The van der Waals surface area contributed by atoms with Gasteiger partial charge in [-0.05, 0) is 34.1 Å². The van der Waals surface area contributed by atoms with Gasteiger partial charge in [0, 0.05) is 11.6 Å². The van der Waals surface area contributed by atoms with Crippen LogP contribution in [-0.2, 0) is 0 Å². The highest BCUT2D eigenvalue weighted by atomic mass is 79.9. The van der Waals surface area contributed by atoms with Crippen LogP contribution >= 0.6 is 15.9 Å². The van der Waals surface area contributed by atoms with E-state index in [1.807, 2.05) is 0 Å². The van der Waals surface area contributed by atoms with Crippen molar-refractivity contribution in [3.05, 3.63) is 52.5 Å². The SMILES string of the molecule is Fc1cccc(-c2nc3cc(Br)c(F)cc3[nH]2)c1. The van der Waals surface area contributed by atoms with E-state index >= 15 is 0 Å². The zero-order chi connectivity index (χ0) is 12.7. The standard InChI is InChI=1S/C13H7BrF2N2/c14-9-5-11-12(6-10(9)16)18-13(17-11)7-2-1-3-8(15)4-7/h1-6H,(H,17,18). The summed E-state index contributed by atoms with van der Waals surface area (Å²) in [6.07, 6.45) is 0. The van der Waals surface area contributed by atoms with E-state index < -0.39 is 0 Å². The van der Waals surface area contributed by atoms with Crippen molar-refractivity contribution >= 4 is 27.0 Å². The van der Waals surface area contributed by atoms with Crippen LogP contribution in [0.2, 0.25) is 0 Å². The predicted molar refractivity (Wildman–Crippen MR) is 69.1 cm³/mol. The molecule has 0 atom stereocenters. The summed E-state index contributed by atoms with van der Waals surface area (Å²) in [7, 11) is 0. The van der Waals surface area contributed by atoms with Crippen molar-refractivity contribution in [2.45, 2.75) is 0 Å². The molecule has 0 saturated carbocycles. The second-order valence-corrected chi connectivity index (χ2v) is 4.73. The summed E-state index contributed by atoms with van der Waals surface area (Å²) >= 11 is 3.10. The molecule has 18 heavy (non-hydrogen) atoms. The number of imidazole rings is 1. The van der Waals surface area contributed by atoms with Gasteiger partial charge in [-0.2, -0.15) is 0 Å². The highest BCUT2D eigenvalue weighted by Gasteiger charge is 2.09. The molecule has 1 N–H and O–H groups in total. The number of nitrogens with zero attached hydrogens (tertiary/aromatic N) is 1. The lowest BCUT2D eigenvalue weighted by molar-refractivity contribution is 0.623. The van der Waals surface area contributed by atoms with Crippen molar-refractivity contribution in [1.29, 1.82) is 0 Å². The van der Waals surface area contributed by atoms with E-state index in [1.54, 1.807) is 18.2 Å². The molecule has 1 heterocycles. The summed E-state index contributed by atoms with van der Waals surface area (Å²) in [6.45, 7) is 0. The van der Waals surface area contributed by atoms with Gasteiger partial charge in [0.05, 0.1) is 15.5 Å². The van der Waals surface area contributed by atoms with Gasteiger partial charge in [-0.15, -0.1) is 0 Å². The lowest BCUT2D eigenvalue weighted by Crippen LogP contribution is -1.81. The molecule has 0 bridgehead atoms. The molecule has 0 amide bonds. The van der Waals surface area contributed by atoms with Gasteiger partial charge in [-0.1, -0.05) is 12.1 Å². The van der Waals surface area contributed by atoms with Gasteiger partial charge in [-0.3, -0.25) is 0 Å². The Morgan fingerprint density at radius 1 is 1.11 bits per heavy atom. The van der Waals surface area contributed by atoms with Crippen LogP contribution in [0.25, 0.3) is 22.4 Å². The van der Waals surface area contributed by atoms with Gasteiger partial charge in [-0.25, -0.2) is 13.8 Å². The van der Waals surface area contributed by atoms with E-state index in [-0.39, 0.29) is 11.6 Å². The summed E-state index contributed by atoms with van der Waals surface area (Å²) < 4.78 is 26.9. The van der Waals surface area contributed by atoms with Crippen LogP contribution < -0.4 is 0 Å². The first kappa shape index (κ1) is 11.3. The van der Waals surface area contributed by atoms with Gasteiger partial charge in [0.1, 0.15) is 17.5 Å². The Hall–Kier alpha value is -1.75. The molecule has 0 fully saturated rings. The maximum Gasteiger partial charge on any atom is 0.139 e. The highest BCUT2D eigenvalue weighted by Crippen LogP contribution is 2.25. The summed E-state index contributed by atoms with van der Waals surface area (Å²) in [5.41, 5.74) is 1.83. The van der Waals surface area contributed by atoms with E-state index in [1.165, 1.54) is 18.2 Å². The fourth-order valence-corrected chi connectivity index (χ4v) is 2.11.